The van der Waals surface area contributed by atoms with Gasteiger partial charge in [0.1, 0.15) is 19.4 Å². The van der Waals surface area contributed by atoms with Gasteiger partial charge in [0.2, 0.25) is 0 Å². The van der Waals surface area contributed by atoms with Crippen molar-refractivity contribution in [2.75, 3.05) is 0 Å². The molecular weight excluding hydrogens is 1550 g/mol. The van der Waals surface area contributed by atoms with Crippen LogP contribution in [0.3, 0.4) is 0 Å². The van der Waals surface area contributed by atoms with E-state index >= 15 is 0 Å². The van der Waals surface area contributed by atoms with Crippen LogP contribution in [-0.4, -0.2) is 41.7 Å². The Kier molecular flexibility index (Phi) is 17.5. The van der Waals surface area contributed by atoms with Crippen molar-refractivity contribution in [1.82, 2.24) is 33.6 Å². The van der Waals surface area contributed by atoms with Crippen LogP contribution in [0.2, 0.25) is 13.1 Å². The molecule has 8 nitrogen and oxygen atoms in total. The fourth-order valence-electron chi connectivity index (χ4n) is 19.7. The number of para-hydroxylation sites is 4. The largest absolute Gasteiger partial charge is 0.461 e. The van der Waals surface area contributed by atoms with E-state index in [2.05, 4.69) is 404 Å². The van der Waals surface area contributed by atoms with E-state index < -0.39 is 8.07 Å². The molecule has 0 saturated carbocycles. The van der Waals surface area contributed by atoms with Crippen molar-refractivity contribution < 1.29 is 4.42 Å². The van der Waals surface area contributed by atoms with Crippen LogP contribution in [-0.2, 0) is 0 Å². The normalized spacial score (nSPS) is 12.3. The van der Waals surface area contributed by atoms with Gasteiger partial charge in [0.05, 0.1) is 67.1 Å². The van der Waals surface area contributed by atoms with E-state index in [9.17, 15) is 0 Å². The molecule has 1 aliphatic rings. The summed E-state index contributed by atoms with van der Waals surface area (Å²) in [4.78, 5) is 20.2. The summed E-state index contributed by atoms with van der Waals surface area (Å²) in [6.45, 7) is 7.01. The van der Waals surface area contributed by atoms with Gasteiger partial charge in [-0.3, -0.25) is 0 Å². The van der Waals surface area contributed by atoms with Gasteiger partial charge in [-0.1, -0.05) is 335 Å². The Morgan fingerprint density at radius 1 is 0.238 bits per heavy atom. The highest BCUT2D eigenvalue weighted by Gasteiger charge is 2.38. The molecule has 24 aromatic rings. The zero-order valence-corrected chi connectivity index (χ0v) is 70.5. The van der Waals surface area contributed by atoms with E-state index in [-0.39, 0.29) is 0 Å². The van der Waals surface area contributed by atoms with Crippen LogP contribution in [0, 0.1) is 6.92 Å². The lowest BCUT2D eigenvalue weighted by atomic mass is 9.98. The summed E-state index contributed by atoms with van der Waals surface area (Å²) in [6, 6.07) is 153. The smallest absolute Gasteiger partial charge is 0.160 e. The Labute approximate surface area is 729 Å². The Hall–Kier alpha value is -16.2. The quantitative estimate of drug-likeness (QED) is 0.114. The second-order valence-electron chi connectivity index (χ2n) is 33.6. The van der Waals surface area contributed by atoms with Crippen LogP contribution in [0.25, 0.3) is 227 Å². The second kappa shape index (κ2) is 29.9. The van der Waals surface area contributed by atoms with Gasteiger partial charge >= 0.3 is 0 Å². The van der Waals surface area contributed by atoms with Crippen molar-refractivity contribution in [2.45, 2.75) is 20.0 Å². The van der Waals surface area contributed by atoms with Gasteiger partial charge < -0.3 is 18.1 Å². The molecule has 25 rings (SSSR count). The predicted octanol–water partition coefficient (Wildman–Crippen LogP) is 29.4. The molecule has 0 amide bonds. The van der Waals surface area contributed by atoms with Gasteiger partial charge in [-0.2, -0.15) is 0 Å². The van der Waals surface area contributed by atoms with Crippen LogP contribution in [0.4, 0.5) is 0 Å². The average molecular weight is 1630 g/mol. The third-order valence-corrected chi connectivity index (χ3v) is 29.4. The molecule has 9 heteroatoms. The van der Waals surface area contributed by atoms with Crippen LogP contribution in [0.5, 0.6) is 0 Å². The zero-order chi connectivity index (χ0) is 83.7. The fourth-order valence-corrected chi connectivity index (χ4v) is 22.8. The van der Waals surface area contributed by atoms with E-state index in [0.29, 0.717) is 5.82 Å². The average Bonchev–Trinajstić information content (AvgIpc) is 1.57. The maximum atomic E-state index is 6.61. The number of hydrogen-bond acceptors (Lipinski definition) is 5. The summed E-state index contributed by atoms with van der Waals surface area (Å²) >= 11 is 0. The minimum atomic E-state index is -1.83. The summed E-state index contributed by atoms with van der Waals surface area (Å²) in [5.74, 6) is 2.33. The monoisotopic (exact) mass is 1630 g/mol. The molecule has 7 heterocycles. The highest BCUT2D eigenvalue weighted by atomic mass is 28.3. The SMILES string of the molecule is Cc1cc2c(-n3c4ccccc4c4cc(-c5ccc(-c6nc(-c7ccccc7)c7ccccc7n6)cc5)ccc43)ccc(-c3ccc4c(c3)[Si](C)(C)c3ccccc3-4)c2o1.c1ccc(-c2cc(-c3ccccc3)nc(-c3ccc(-c4ccc5c(c4)c4ccccc4n5-c4ccc(-c5ccc6c(c5)c5ccccc5n6-c5cccc6ccccc56)cc4)cc3)n2)cc1. The molecule has 0 bridgehead atoms. The Balaban J connectivity index is 0.000000142. The molecule has 6 aromatic heterocycles. The van der Waals surface area contributed by atoms with Crippen LogP contribution >= 0.6 is 0 Å². The molecule has 592 valence electrons. The lowest BCUT2D eigenvalue weighted by Gasteiger charge is -2.19. The minimum Gasteiger partial charge on any atom is -0.461 e. The molecule has 18 aromatic carbocycles. The first-order valence-electron chi connectivity index (χ1n) is 43.1. The van der Waals surface area contributed by atoms with Crippen molar-refractivity contribution in [3.63, 3.8) is 0 Å². The molecule has 1 aliphatic heterocycles. The molecule has 0 N–H and O–H groups in total. The third kappa shape index (κ3) is 12.4. The highest BCUT2D eigenvalue weighted by molar-refractivity contribution is 7.03. The molecule has 0 radical (unpaired) electrons. The van der Waals surface area contributed by atoms with Crippen molar-refractivity contribution in [3.8, 4) is 129 Å². The number of benzene rings is 18. The van der Waals surface area contributed by atoms with Crippen LogP contribution in [0.1, 0.15) is 5.76 Å². The minimum absolute atomic E-state index is 0.705. The van der Waals surface area contributed by atoms with Crippen LogP contribution < -0.4 is 10.4 Å². The molecule has 126 heavy (non-hydrogen) atoms. The Bertz CT molecular complexity index is 8410. The van der Waals surface area contributed by atoms with Crippen molar-refractivity contribution >= 4 is 117 Å². The summed E-state index contributed by atoms with van der Waals surface area (Å²) < 4.78 is 13.8. The zero-order valence-electron chi connectivity index (χ0n) is 69.5. The van der Waals surface area contributed by atoms with E-state index in [0.717, 1.165) is 123 Å². The van der Waals surface area contributed by atoms with Gasteiger partial charge in [0.25, 0.3) is 0 Å². The van der Waals surface area contributed by atoms with Gasteiger partial charge in [-0.05, 0) is 176 Å². The van der Waals surface area contributed by atoms with Crippen molar-refractivity contribution in [1.29, 1.82) is 0 Å². The standard InChI is InChI=1S/C62H40N4.C55H39N3OSi/c1-3-15-44(16-4-1)55-40-56(45-17-5-2-6-18-45)64-62(63-55)46-28-26-41(27-29-46)47-32-36-60-53(38-47)51-21-9-11-23-58(51)65(60)49-34-30-42(31-35-49)48-33-37-61-54(39-48)52-22-10-12-24-59(52)66(61)57-25-13-19-43-14-7-8-20-50(43)57;1-34-31-46-50(30-28-40(54(46)59-34)39-25-27-43-42-16-9-12-20-51(42)60(2,3)52(43)33-39)58-48-19-11-8-15-41(48)45-32-38(26-29-49(45)58)35-21-23-37(24-22-35)55-56-47-18-10-7-17-44(47)53(57-55)36-13-5-4-6-14-36/h1-40H;4-33H,1-3H3. The van der Waals surface area contributed by atoms with E-state index in [1.807, 2.05) is 54.6 Å². The predicted molar refractivity (Wildman–Crippen MR) is 528 cm³/mol. The lowest BCUT2D eigenvalue weighted by Crippen LogP contribution is -2.49. The summed E-state index contributed by atoms with van der Waals surface area (Å²) in [5.41, 5.74) is 32.4. The highest BCUT2D eigenvalue weighted by Crippen LogP contribution is 2.45. The molecule has 0 aliphatic carbocycles. The maximum absolute atomic E-state index is 6.61. The van der Waals surface area contributed by atoms with E-state index in [1.165, 1.54) is 115 Å². The Morgan fingerprint density at radius 2 is 0.651 bits per heavy atom. The van der Waals surface area contributed by atoms with E-state index in [4.69, 9.17) is 24.4 Å². The number of fused-ring (bicyclic) bond motifs is 15. The van der Waals surface area contributed by atoms with E-state index in [1.54, 1.807) is 0 Å². The summed E-state index contributed by atoms with van der Waals surface area (Å²) in [6.07, 6.45) is 0. The van der Waals surface area contributed by atoms with Crippen molar-refractivity contribution in [2.24, 2.45) is 0 Å². The molecular formula is C117H79N7OSi. The molecule has 0 fully saturated rings. The molecule has 0 spiro atoms. The first-order chi connectivity index (χ1) is 62.1. The van der Waals surface area contributed by atoms with Gasteiger partial charge in [-0.25, -0.2) is 19.9 Å². The topological polar surface area (TPSA) is 79.5 Å². The maximum Gasteiger partial charge on any atom is 0.160 e. The van der Waals surface area contributed by atoms with Gasteiger partial charge in [-0.15, -0.1) is 0 Å². The van der Waals surface area contributed by atoms with Crippen molar-refractivity contribution in [3.05, 3.63) is 430 Å². The first kappa shape index (κ1) is 73.7. The summed E-state index contributed by atoms with van der Waals surface area (Å²) in [5, 5.41) is 15.0. The number of rotatable bonds is 12. The summed E-state index contributed by atoms with van der Waals surface area (Å²) in [7, 11) is -1.83. The van der Waals surface area contributed by atoms with Crippen LogP contribution in [0.15, 0.2) is 429 Å². The first-order valence-corrected chi connectivity index (χ1v) is 46.1. The number of furan rings is 1. The molecule has 0 saturated heterocycles. The number of aromatic nitrogens is 7. The molecule has 0 atom stereocenters. The number of hydrogen-bond donors (Lipinski definition) is 0. The fraction of sp³-hybridized carbons (Fsp3) is 0.0256. The molecule has 0 unspecified atom stereocenters. The third-order valence-electron chi connectivity index (χ3n) is 25.9. The second-order valence-corrected chi connectivity index (χ2v) is 37.9. The van der Waals surface area contributed by atoms with Gasteiger partial charge in [0.15, 0.2) is 11.6 Å². The number of aryl methyl sites for hydroxylation is 1. The number of nitrogens with zero attached hydrogens (tertiary/aromatic N) is 7. The van der Waals surface area contributed by atoms with Gasteiger partial charge in [0, 0.05) is 87.5 Å². The lowest BCUT2D eigenvalue weighted by molar-refractivity contribution is 0.579. The Morgan fingerprint density at radius 3 is 1.23 bits per heavy atom.